The summed E-state index contributed by atoms with van der Waals surface area (Å²) in [5, 5.41) is 2.99. The zero-order valence-corrected chi connectivity index (χ0v) is 14.7. The van der Waals surface area contributed by atoms with Crippen LogP contribution < -0.4 is 5.32 Å². The maximum Gasteiger partial charge on any atom is 0.268 e. The minimum absolute atomic E-state index is 0.100. The molecule has 1 N–H and O–H groups in total. The van der Waals surface area contributed by atoms with E-state index in [0.717, 1.165) is 16.9 Å². The highest BCUT2D eigenvalue weighted by Crippen LogP contribution is 2.10. The molecule has 134 valence electrons. The summed E-state index contributed by atoms with van der Waals surface area (Å²) >= 11 is 0. The average molecular weight is 357 g/mol. The SMILES string of the molecule is O=C(NCc1ccnc(-n2ccnc2)c1)c1cccn1Cc1ccccc1. The Balaban J connectivity index is 1.43. The number of hydrogen-bond acceptors (Lipinski definition) is 3. The molecule has 1 amide bonds. The first kappa shape index (κ1) is 16.8. The van der Waals surface area contributed by atoms with Gasteiger partial charge in [0.1, 0.15) is 17.8 Å². The summed E-state index contributed by atoms with van der Waals surface area (Å²) in [4.78, 5) is 21.0. The molecule has 1 aromatic carbocycles. The Labute approximate surface area is 157 Å². The van der Waals surface area contributed by atoms with Gasteiger partial charge in [0, 0.05) is 37.9 Å². The second-order valence-electron chi connectivity index (χ2n) is 6.18. The number of imidazole rings is 1. The van der Waals surface area contributed by atoms with Gasteiger partial charge in [-0.25, -0.2) is 9.97 Å². The topological polar surface area (TPSA) is 64.7 Å². The second kappa shape index (κ2) is 7.70. The van der Waals surface area contributed by atoms with Crippen molar-refractivity contribution in [3.63, 3.8) is 0 Å². The molecule has 0 radical (unpaired) electrons. The van der Waals surface area contributed by atoms with Crippen LogP contribution in [0, 0.1) is 0 Å². The Kier molecular flexibility index (Phi) is 4.78. The molecule has 6 nitrogen and oxygen atoms in total. The van der Waals surface area contributed by atoms with E-state index in [2.05, 4.69) is 27.4 Å². The van der Waals surface area contributed by atoms with Crippen LogP contribution >= 0.6 is 0 Å². The molecule has 0 unspecified atom stereocenters. The third-order valence-electron chi connectivity index (χ3n) is 4.29. The van der Waals surface area contributed by atoms with Crippen molar-refractivity contribution >= 4 is 5.91 Å². The zero-order chi connectivity index (χ0) is 18.5. The molecule has 27 heavy (non-hydrogen) atoms. The molecule has 3 aromatic heterocycles. The number of pyridine rings is 1. The van der Waals surface area contributed by atoms with Crippen molar-refractivity contribution in [2.24, 2.45) is 0 Å². The predicted octanol–water partition coefficient (Wildman–Crippen LogP) is 3.05. The van der Waals surface area contributed by atoms with E-state index in [1.54, 1.807) is 18.7 Å². The molecule has 0 bridgehead atoms. The summed E-state index contributed by atoms with van der Waals surface area (Å²) in [6.45, 7) is 1.09. The highest BCUT2D eigenvalue weighted by Gasteiger charge is 2.11. The van der Waals surface area contributed by atoms with Gasteiger partial charge in [-0.1, -0.05) is 30.3 Å². The van der Waals surface area contributed by atoms with Crippen LogP contribution in [0.25, 0.3) is 5.82 Å². The summed E-state index contributed by atoms with van der Waals surface area (Å²) in [7, 11) is 0. The van der Waals surface area contributed by atoms with Gasteiger partial charge in [-0.3, -0.25) is 9.36 Å². The molecule has 3 heterocycles. The third kappa shape index (κ3) is 3.95. The van der Waals surface area contributed by atoms with Crippen molar-refractivity contribution in [2.45, 2.75) is 13.1 Å². The van der Waals surface area contributed by atoms with Crippen LogP contribution in [0.3, 0.4) is 0 Å². The number of hydrogen-bond donors (Lipinski definition) is 1. The van der Waals surface area contributed by atoms with Crippen LogP contribution in [-0.2, 0) is 13.1 Å². The Morgan fingerprint density at radius 2 is 1.85 bits per heavy atom. The highest BCUT2D eigenvalue weighted by molar-refractivity contribution is 5.92. The number of benzene rings is 1. The molecule has 0 aliphatic carbocycles. The number of carbonyl (C=O) groups is 1. The Bertz CT molecular complexity index is 1020. The molecular weight excluding hydrogens is 338 g/mol. The van der Waals surface area contributed by atoms with Crippen LogP contribution in [0.4, 0.5) is 0 Å². The van der Waals surface area contributed by atoms with Crippen molar-refractivity contribution in [3.05, 3.63) is 103 Å². The monoisotopic (exact) mass is 357 g/mol. The zero-order valence-electron chi connectivity index (χ0n) is 14.7. The van der Waals surface area contributed by atoms with E-state index in [1.165, 1.54) is 0 Å². The molecule has 0 spiro atoms. The summed E-state index contributed by atoms with van der Waals surface area (Å²) in [6, 6.07) is 17.6. The number of carbonyl (C=O) groups excluding carboxylic acids is 1. The Morgan fingerprint density at radius 3 is 2.67 bits per heavy atom. The fraction of sp³-hybridized carbons (Fsp3) is 0.0952. The molecular formula is C21H19N5O. The van der Waals surface area contributed by atoms with Gasteiger partial charge in [0.25, 0.3) is 5.91 Å². The third-order valence-corrected chi connectivity index (χ3v) is 4.29. The van der Waals surface area contributed by atoms with Gasteiger partial charge in [-0.2, -0.15) is 0 Å². The lowest BCUT2D eigenvalue weighted by atomic mass is 10.2. The molecule has 4 rings (SSSR count). The lowest BCUT2D eigenvalue weighted by Crippen LogP contribution is -2.25. The fourth-order valence-electron chi connectivity index (χ4n) is 2.92. The van der Waals surface area contributed by atoms with E-state index < -0.39 is 0 Å². The van der Waals surface area contributed by atoms with Gasteiger partial charge < -0.3 is 9.88 Å². The fourth-order valence-corrected chi connectivity index (χ4v) is 2.92. The second-order valence-corrected chi connectivity index (χ2v) is 6.18. The van der Waals surface area contributed by atoms with Crippen LogP contribution in [-0.4, -0.2) is 25.0 Å². The number of aromatic nitrogens is 4. The van der Waals surface area contributed by atoms with Crippen LogP contribution in [0.1, 0.15) is 21.6 Å². The van der Waals surface area contributed by atoms with E-state index in [1.807, 2.05) is 64.0 Å². The minimum Gasteiger partial charge on any atom is -0.347 e. The van der Waals surface area contributed by atoms with E-state index in [9.17, 15) is 4.79 Å². The van der Waals surface area contributed by atoms with Crippen molar-refractivity contribution in [2.75, 3.05) is 0 Å². The minimum atomic E-state index is -0.100. The van der Waals surface area contributed by atoms with Crippen LogP contribution in [0.2, 0.25) is 0 Å². The largest absolute Gasteiger partial charge is 0.347 e. The first-order valence-corrected chi connectivity index (χ1v) is 8.70. The Morgan fingerprint density at radius 1 is 0.963 bits per heavy atom. The molecule has 6 heteroatoms. The number of rotatable bonds is 6. The number of nitrogens with one attached hydrogen (secondary N) is 1. The Hall–Kier alpha value is -3.67. The molecule has 0 saturated heterocycles. The molecule has 4 aromatic rings. The van der Waals surface area contributed by atoms with Gasteiger partial charge in [0.15, 0.2) is 0 Å². The van der Waals surface area contributed by atoms with E-state index in [0.29, 0.717) is 18.8 Å². The van der Waals surface area contributed by atoms with E-state index in [4.69, 9.17) is 0 Å². The molecule has 0 saturated carbocycles. The predicted molar refractivity (Wildman–Crippen MR) is 103 cm³/mol. The van der Waals surface area contributed by atoms with Gasteiger partial charge in [-0.05, 0) is 35.4 Å². The molecule has 0 aliphatic rings. The quantitative estimate of drug-likeness (QED) is 0.577. The molecule has 0 atom stereocenters. The summed E-state index contributed by atoms with van der Waals surface area (Å²) in [6.07, 6.45) is 8.89. The lowest BCUT2D eigenvalue weighted by molar-refractivity contribution is 0.0942. The van der Waals surface area contributed by atoms with Gasteiger partial charge in [0.05, 0.1) is 0 Å². The maximum atomic E-state index is 12.6. The van der Waals surface area contributed by atoms with Crippen molar-refractivity contribution in [1.82, 2.24) is 24.4 Å². The molecule has 0 fully saturated rings. The standard InChI is InChI=1S/C21H19N5O/c27-21(19-7-4-11-25(19)15-17-5-2-1-3-6-17)24-14-18-8-9-23-20(13-18)26-12-10-22-16-26/h1-13,16H,14-15H2,(H,24,27). The van der Waals surface area contributed by atoms with Crippen molar-refractivity contribution in [3.8, 4) is 5.82 Å². The van der Waals surface area contributed by atoms with Crippen molar-refractivity contribution in [1.29, 1.82) is 0 Å². The highest BCUT2D eigenvalue weighted by atomic mass is 16.1. The summed E-state index contributed by atoms with van der Waals surface area (Å²) < 4.78 is 3.78. The van der Waals surface area contributed by atoms with Gasteiger partial charge >= 0.3 is 0 Å². The molecule has 0 aliphatic heterocycles. The summed E-state index contributed by atoms with van der Waals surface area (Å²) in [5.74, 6) is 0.670. The number of nitrogens with zero attached hydrogens (tertiary/aromatic N) is 4. The van der Waals surface area contributed by atoms with E-state index in [-0.39, 0.29) is 5.91 Å². The number of amides is 1. The van der Waals surface area contributed by atoms with Crippen LogP contribution in [0.15, 0.2) is 85.7 Å². The normalized spacial score (nSPS) is 10.7. The van der Waals surface area contributed by atoms with Gasteiger partial charge in [0.2, 0.25) is 0 Å². The average Bonchev–Trinajstić information content (AvgIpc) is 3.39. The first-order valence-electron chi connectivity index (χ1n) is 8.70. The smallest absolute Gasteiger partial charge is 0.268 e. The maximum absolute atomic E-state index is 12.6. The first-order chi connectivity index (χ1) is 13.3. The van der Waals surface area contributed by atoms with Crippen molar-refractivity contribution < 1.29 is 4.79 Å². The van der Waals surface area contributed by atoms with Crippen LogP contribution in [0.5, 0.6) is 0 Å². The van der Waals surface area contributed by atoms with E-state index >= 15 is 0 Å². The summed E-state index contributed by atoms with van der Waals surface area (Å²) in [5.41, 5.74) is 2.77. The lowest BCUT2D eigenvalue weighted by Gasteiger charge is -2.11. The van der Waals surface area contributed by atoms with Gasteiger partial charge in [-0.15, -0.1) is 0 Å².